The highest BCUT2D eigenvalue weighted by molar-refractivity contribution is 5.28. The van der Waals surface area contributed by atoms with Gasteiger partial charge < -0.3 is 10.5 Å². The molecular formula is C15H24N2O. The second-order valence-corrected chi connectivity index (χ2v) is 5.23. The lowest BCUT2D eigenvalue weighted by molar-refractivity contribution is -0.0189. The fraction of sp³-hybridized carbons (Fsp3) is 0.600. The van der Waals surface area contributed by atoms with Crippen LogP contribution in [0.25, 0.3) is 0 Å². The molecule has 18 heavy (non-hydrogen) atoms. The van der Waals surface area contributed by atoms with Crippen molar-refractivity contribution in [2.24, 2.45) is 5.73 Å². The van der Waals surface area contributed by atoms with Gasteiger partial charge in [-0.1, -0.05) is 24.3 Å². The van der Waals surface area contributed by atoms with Crippen molar-refractivity contribution < 1.29 is 4.74 Å². The van der Waals surface area contributed by atoms with Crippen LogP contribution < -0.4 is 5.73 Å². The SMILES string of the molecule is Cc1ccccc1C(N)CCN1CCOC(C)C1. The Morgan fingerprint density at radius 3 is 2.94 bits per heavy atom. The lowest BCUT2D eigenvalue weighted by Crippen LogP contribution is -2.42. The molecule has 0 bridgehead atoms. The molecule has 0 aliphatic carbocycles. The number of ether oxygens (including phenoxy) is 1. The van der Waals surface area contributed by atoms with E-state index in [1.807, 2.05) is 0 Å². The van der Waals surface area contributed by atoms with Gasteiger partial charge in [0.1, 0.15) is 0 Å². The molecule has 0 radical (unpaired) electrons. The molecule has 2 unspecified atom stereocenters. The van der Waals surface area contributed by atoms with Gasteiger partial charge >= 0.3 is 0 Å². The van der Waals surface area contributed by atoms with E-state index in [0.29, 0.717) is 6.10 Å². The van der Waals surface area contributed by atoms with Crippen molar-refractivity contribution in [1.29, 1.82) is 0 Å². The molecule has 1 aromatic rings. The van der Waals surface area contributed by atoms with Crippen LogP contribution in [0.5, 0.6) is 0 Å². The van der Waals surface area contributed by atoms with Gasteiger partial charge in [0.2, 0.25) is 0 Å². The number of rotatable bonds is 4. The third-order valence-corrected chi connectivity index (χ3v) is 3.67. The highest BCUT2D eigenvalue weighted by Gasteiger charge is 2.17. The zero-order valence-electron chi connectivity index (χ0n) is 11.4. The lowest BCUT2D eigenvalue weighted by Gasteiger charge is -2.31. The number of nitrogens with zero attached hydrogens (tertiary/aromatic N) is 1. The molecule has 0 amide bonds. The van der Waals surface area contributed by atoms with Crippen molar-refractivity contribution in [3.63, 3.8) is 0 Å². The molecule has 1 fully saturated rings. The standard InChI is InChI=1S/C15H24N2O/c1-12-5-3-4-6-14(12)15(16)7-8-17-9-10-18-13(2)11-17/h3-6,13,15H,7-11,16H2,1-2H3. The molecule has 1 saturated heterocycles. The molecule has 1 aliphatic heterocycles. The average Bonchev–Trinajstić information content (AvgIpc) is 2.37. The third-order valence-electron chi connectivity index (χ3n) is 3.67. The van der Waals surface area contributed by atoms with E-state index in [-0.39, 0.29) is 6.04 Å². The summed E-state index contributed by atoms with van der Waals surface area (Å²) < 4.78 is 5.55. The second kappa shape index (κ2) is 6.32. The Morgan fingerprint density at radius 1 is 1.44 bits per heavy atom. The van der Waals surface area contributed by atoms with Gasteiger partial charge in [-0.3, -0.25) is 4.90 Å². The quantitative estimate of drug-likeness (QED) is 0.887. The van der Waals surface area contributed by atoms with Gasteiger partial charge in [-0.05, 0) is 31.4 Å². The van der Waals surface area contributed by atoms with Gasteiger partial charge in [0, 0.05) is 25.7 Å². The smallest absolute Gasteiger partial charge is 0.0674 e. The highest BCUT2D eigenvalue weighted by atomic mass is 16.5. The van der Waals surface area contributed by atoms with Gasteiger partial charge in [-0.15, -0.1) is 0 Å². The highest BCUT2D eigenvalue weighted by Crippen LogP contribution is 2.18. The Morgan fingerprint density at radius 2 is 2.22 bits per heavy atom. The summed E-state index contributed by atoms with van der Waals surface area (Å²) in [6, 6.07) is 8.55. The van der Waals surface area contributed by atoms with Crippen molar-refractivity contribution in [3.05, 3.63) is 35.4 Å². The first-order valence-corrected chi connectivity index (χ1v) is 6.82. The maximum atomic E-state index is 6.29. The zero-order chi connectivity index (χ0) is 13.0. The summed E-state index contributed by atoms with van der Waals surface area (Å²) in [4.78, 5) is 2.45. The van der Waals surface area contributed by atoms with Gasteiger partial charge in [-0.25, -0.2) is 0 Å². The molecule has 0 saturated carbocycles. The van der Waals surface area contributed by atoms with Crippen molar-refractivity contribution in [2.75, 3.05) is 26.2 Å². The normalized spacial score (nSPS) is 22.9. The van der Waals surface area contributed by atoms with Crippen LogP contribution in [0.2, 0.25) is 0 Å². The van der Waals surface area contributed by atoms with Crippen molar-refractivity contribution in [2.45, 2.75) is 32.4 Å². The number of morpholine rings is 1. The number of hydrogen-bond acceptors (Lipinski definition) is 3. The van der Waals surface area contributed by atoms with Gasteiger partial charge in [-0.2, -0.15) is 0 Å². The molecule has 0 spiro atoms. The summed E-state index contributed by atoms with van der Waals surface area (Å²) in [5.74, 6) is 0. The molecule has 2 atom stereocenters. The van der Waals surface area contributed by atoms with Gasteiger partial charge in [0.25, 0.3) is 0 Å². The first kappa shape index (κ1) is 13.5. The minimum atomic E-state index is 0.143. The Labute approximate surface area is 110 Å². The Balaban J connectivity index is 1.84. The van der Waals surface area contributed by atoms with Crippen LogP contribution >= 0.6 is 0 Å². The molecule has 1 heterocycles. The molecule has 2 N–H and O–H groups in total. The van der Waals surface area contributed by atoms with E-state index < -0.39 is 0 Å². The Hall–Kier alpha value is -0.900. The molecule has 100 valence electrons. The van der Waals surface area contributed by atoms with Crippen molar-refractivity contribution in [3.8, 4) is 0 Å². The number of nitrogens with two attached hydrogens (primary N) is 1. The number of benzene rings is 1. The Kier molecular flexibility index (Phi) is 4.75. The fourth-order valence-corrected chi connectivity index (χ4v) is 2.57. The summed E-state index contributed by atoms with van der Waals surface area (Å²) >= 11 is 0. The third kappa shape index (κ3) is 3.55. The van der Waals surface area contributed by atoms with Crippen LogP contribution in [0, 0.1) is 6.92 Å². The van der Waals surface area contributed by atoms with E-state index in [1.165, 1.54) is 11.1 Å². The lowest BCUT2D eigenvalue weighted by atomic mass is 9.99. The average molecular weight is 248 g/mol. The molecule has 3 nitrogen and oxygen atoms in total. The van der Waals surface area contributed by atoms with Crippen LogP contribution in [0.15, 0.2) is 24.3 Å². The van der Waals surface area contributed by atoms with Gasteiger partial charge in [0.05, 0.1) is 12.7 Å². The van der Waals surface area contributed by atoms with Crippen LogP contribution in [0.1, 0.15) is 30.5 Å². The maximum Gasteiger partial charge on any atom is 0.0674 e. The monoisotopic (exact) mass is 248 g/mol. The summed E-state index contributed by atoms with van der Waals surface area (Å²) in [5, 5.41) is 0. The summed E-state index contributed by atoms with van der Waals surface area (Å²) in [5.41, 5.74) is 8.86. The Bertz CT molecular complexity index is 381. The molecule has 1 aliphatic rings. The summed E-state index contributed by atoms with van der Waals surface area (Å²) in [6.07, 6.45) is 1.37. The van der Waals surface area contributed by atoms with E-state index in [2.05, 4.69) is 43.0 Å². The van der Waals surface area contributed by atoms with Crippen LogP contribution in [-0.2, 0) is 4.74 Å². The first-order chi connectivity index (χ1) is 8.66. The number of hydrogen-bond donors (Lipinski definition) is 1. The first-order valence-electron chi connectivity index (χ1n) is 6.82. The van der Waals surface area contributed by atoms with Crippen molar-refractivity contribution >= 4 is 0 Å². The van der Waals surface area contributed by atoms with E-state index in [0.717, 1.165) is 32.7 Å². The van der Waals surface area contributed by atoms with Crippen LogP contribution in [0.3, 0.4) is 0 Å². The molecule has 3 heteroatoms. The van der Waals surface area contributed by atoms with Crippen LogP contribution in [-0.4, -0.2) is 37.2 Å². The molecule has 2 rings (SSSR count). The molecule has 1 aromatic carbocycles. The molecular weight excluding hydrogens is 224 g/mol. The summed E-state index contributed by atoms with van der Waals surface area (Å²) in [7, 11) is 0. The molecule has 0 aromatic heterocycles. The van der Waals surface area contributed by atoms with E-state index in [4.69, 9.17) is 10.5 Å². The van der Waals surface area contributed by atoms with Crippen LogP contribution in [0.4, 0.5) is 0 Å². The predicted molar refractivity (Wildman–Crippen MR) is 74.6 cm³/mol. The zero-order valence-corrected chi connectivity index (χ0v) is 11.4. The second-order valence-electron chi connectivity index (χ2n) is 5.23. The minimum Gasteiger partial charge on any atom is -0.376 e. The topological polar surface area (TPSA) is 38.5 Å². The van der Waals surface area contributed by atoms with E-state index >= 15 is 0 Å². The largest absolute Gasteiger partial charge is 0.376 e. The fourth-order valence-electron chi connectivity index (χ4n) is 2.57. The van der Waals surface area contributed by atoms with E-state index in [1.54, 1.807) is 0 Å². The summed E-state index contributed by atoms with van der Waals surface area (Å²) in [6.45, 7) is 8.23. The maximum absolute atomic E-state index is 6.29. The van der Waals surface area contributed by atoms with Gasteiger partial charge in [0.15, 0.2) is 0 Å². The number of aryl methyl sites for hydroxylation is 1. The minimum absolute atomic E-state index is 0.143. The predicted octanol–water partition coefficient (Wildman–Crippen LogP) is 2.11. The van der Waals surface area contributed by atoms with E-state index in [9.17, 15) is 0 Å². The van der Waals surface area contributed by atoms with Crippen molar-refractivity contribution in [1.82, 2.24) is 4.90 Å².